The summed E-state index contributed by atoms with van der Waals surface area (Å²) in [7, 11) is 1.61. The summed E-state index contributed by atoms with van der Waals surface area (Å²) in [5, 5.41) is 6.38. The lowest BCUT2D eigenvalue weighted by molar-refractivity contribution is 0.0963. The van der Waals surface area contributed by atoms with E-state index in [9.17, 15) is 4.79 Å². The van der Waals surface area contributed by atoms with Gasteiger partial charge in [0.2, 0.25) is 0 Å². The topological polar surface area (TPSA) is 44.4 Å². The monoisotopic (exact) mass is 253 g/mol. The number of nitrogens with one attached hydrogen (secondary N) is 2. The van der Waals surface area contributed by atoms with Crippen molar-refractivity contribution >= 4 is 23.2 Å². The molecule has 0 spiro atoms. The number of hydrogen-bond donors (Lipinski definition) is 2. The number of benzene rings is 1. The molecule has 1 fully saturated rings. The van der Waals surface area contributed by atoms with Crippen LogP contribution in [0.25, 0.3) is 0 Å². The van der Waals surface area contributed by atoms with Crippen LogP contribution in [0, 0.1) is 0 Å². The van der Waals surface area contributed by atoms with E-state index < -0.39 is 0 Å². The Morgan fingerprint density at radius 2 is 2.12 bits per heavy atom. The van der Waals surface area contributed by atoms with E-state index in [0.717, 1.165) is 31.9 Å². The first-order valence-electron chi connectivity index (χ1n) is 5.69. The lowest BCUT2D eigenvalue weighted by atomic mass is 10.1. The van der Waals surface area contributed by atoms with Crippen molar-refractivity contribution in [2.45, 2.75) is 0 Å². The number of halogens is 1. The highest BCUT2D eigenvalue weighted by Gasteiger charge is 2.14. The molecule has 2 rings (SSSR count). The van der Waals surface area contributed by atoms with E-state index in [-0.39, 0.29) is 5.91 Å². The number of carbonyl (C=O) groups excluding carboxylic acids is 1. The second-order valence-corrected chi connectivity index (χ2v) is 4.39. The predicted molar refractivity (Wildman–Crippen MR) is 69.9 cm³/mol. The predicted octanol–water partition coefficient (Wildman–Crippen LogP) is 1.11. The van der Waals surface area contributed by atoms with E-state index in [1.807, 2.05) is 12.1 Å². The van der Waals surface area contributed by atoms with Gasteiger partial charge in [0, 0.05) is 38.9 Å². The first-order chi connectivity index (χ1) is 8.22. The first-order valence-corrected chi connectivity index (χ1v) is 6.07. The van der Waals surface area contributed by atoms with Crippen molar-refractivity contribution in [2.24, 2.45) is 0 Å². The van der Waals surface area contributed by atoms with Gasteiger partial charge in [0.15, 0.2) is 0 Å². The number of piperazine rings is 1. The van der Waals surface area contributed by atoms with Crippen molar-refractivity contribution in [3.8, 4) is 0 Å². The average Bonchev–Trinajstić information content (AvgIpc) is 2.39. The molecule has 0 atom stereocenters. The molecule has 1 saturated heterocycles. The second-order valence-electron chi connectivity index (χ2n) is 3.98. The van der Waals surface area contributed by atoms with Gasteiger partial charge < -0.3 is 15.5 Å². The van der Waals surface area contributed by atoms with Crippen LogP contribution >= 0.6 is 11.6 Å². The molecule has 1 amide bonds. The summed E-state index contributed by atoms with van der Waals surface area (Å²) in [4.78, 5) is 13.9. The summed E-state index contributed by atoms with van der Waals surface area (Å²) in [5.74, 6) is -0.146. The summed E-state index contributed by atoms with van der Waals surface area (Å²) in [5.41, 5.74) is 1.58. The number of anilines is 1. The Balaban J connectivity index is 2.26. The Labute approximate surface area is 106 Å². The number of rotatable bonds is 2. The van der Waals surface area contributed by atoms with Gasteiger partial charge in [-0.1, -0.05) is 11.6 Å². The van der Waals surface area contributed by atoms with E-state index in [0.29, 0.717) is 10.6 Å². The van der Waals surface area contributed by atoms with Crippen molar-refractivity contribution < 1.29 is 4.79 Å². The van der Waals surface area contributed by atoms with Gasteiger partial charge in [0.05, 0.1) is 10.6 Å². The fraction of sp³-hybridized carbons (Fsp3) is 0.417. The molecular weight excluding hydrogens is 238 g/mol. The van der Waals surface area contributed by atoms with Crippen LogP contribution in [0.1, 0.15) is 10.4 Å². The maximum Gasteiger partial charge on any atom is 0.252 e. The van der Waals surface area contributed by atoms with Crippen molar-refractivity contribution in [1.29, 1.82) is 0 Å². The Hall–Kier alpha value is -1.26. The molecule has 5 heteroatoms. The second kappa shape index (κ2) is 5.38. The van der Waals surface area contributed by atoms with E-state index in [2.05, 4.69) is 15.5 Å². The van der Waals surface area contributed by atoms with Crippen LogP contribution in [-0.2, 0) is 0 Å². The number of amides is 1. The van der Waals surface area contributed by atoms with Crippen molar-refractivity contribution in [2.75, 3.05) is 38.1 Å². The van der Waals surface area contributed by atoms with Crippen LogP contribution in [0.3, 0.4) is 0 Å². The Morgan fingerprint density at radius 3 is 2.76 bits per heavy atom. The smallest absolute Gasteiger partial charge is 0.252 e. The molecule has 1 aliphatic heterocycles. The van der Waals surface area contributed by atoms with E-state index in [4.69, 9.17) is 11.6 Å². The molecule has 1 heterocycles. The Bertz CT molecular complexity index is 416. The fourth-order valence-electron chi connectivity index (χ4n) is 1.94. The maximum atomic E-state index is 11.6. The molecule has 17 heavy (non-hydrogen) atoms. The molecule has 0 bridgehead atoms. The summed E-state index contributed by atoms with van der Waals surface area (Å²) in [6.07, 6.45) is 0. The summed E-state index contributed by atoms with van der Waals surface area (Å²) in [6, 6.07) is 5.59. The highest BCUT2D eigenvalue weighted by molar-refractivity contribution is 6.34. The van der Waals surface area contributed by atoms with Gasteiger partial charge in [-0.2, -0.15) is 0 Å². The highest BCUT2D eigenvalue weighted by atomic mass is 35.5. The van der Waals surface area contributed by atoms with Gasteiger partial charge >= 0.3 is 0 Å². The molecule has 1 aromatic rings. The molecule has 4 nitrogen and oxygen atoms in total. The lowest BCUT2D eigenvalue weighted by Gasteiger charge is -2.29. The van der Waals surface area contributed by atoms with E-state index >= 15 is 0 Å². The van der Waals surface area contributed by atoms with Gasteiger partial charge in [0.1, 0.15) is 0 Å². The summed E-state index contributed by atoms with van der Waals surface area (Å²) >= 11 is 6.02. The van der Waals surface area contributed by atoms with Crippen LogP contribution < -0.4 is 15.5 Å². The van der Waals surface area contributed by atoms with Crippen LogP contribution in [0.15, 0.2) is 18.2 Å². The van der Waals surface area contributed by atoms with Crippen molar-refractivity contribution in [3.63, 3.8) is 0 Å². The molecule has 0 saturated carbocycles. The van der Waals surface area contributed by atoms with Gasteiger partial charge in [-0.15, -0.1) is 0 Å². The molecule has 0 aliphatic carbocycles. The minimum Gasteiger partial charge on any atom is -0.369 e. The third-order valence-electron chi connectivity index (χ3n) is 2.90. The van der Waals surface area contributed by atoms with Gasteiger partial charge in [-0.25, -0.2) is 0 Å². The van der Waals surface area contributed by atoms with E-state index in [1.54, 1.807) is 13.1 Å². The first kappa shape index (κ1) is 12.2. The average molecular weight is 254 g/mol. The number of hydrogen-bond acceptors (Lipinski definition) is 3. The van der Waals surface area contributed by atoms with Gasteiger partial charge in [0.25, 0.3) is 5.91 Å². The third kappa shape index (κ3) is 2.70. The molecule has 92 valence electrons. The minimum atomic E-state index is -0.146. The van der Waals surface area contributed by atoms with Crippen molar-refractivity contribution in [1.82, 2.24) is 10.6 Å². The summed E-state index contributed by atoms with van der Waals surface area (Å²) < 4.78 is 0. The third-order valence-corrected chi connectivity index (χ3v) is 3.23. The summed E-state index contributed by atoms with van der Waals surface area (Å²) in [6.45, 7) is 3.85. The quantitative estimate of drug-likeness (QED) is 0.830. The number of carbonyl (C=O) groups is 1. The molecule has 0 radical (unpaired) electrons. The largest absolute Gasteiger partial charge is 0.369 e. The minimum absolute atomic E-state index is 0.146. The zero-order valence-corrected chi connectivity index (χ0v) is 10.5. The van der Waals surface area contributed by atoms with Gasteiger partial charge in [-0.05, 0) is 18.2 Å². The Morgan fingerprint density at radius 1 is 1.41 bits per heavy atom. The zero-order valence-electron chi connectivity index (χ0n) is 9.79. The lowest BCUT2D eigenvalue weighted by Crippen LogP contribution is -2.43. The van der Waals surface area contributed by atoms with Crippen LogP contribution in [0.4, 0.5) is 5.69 Å². The maximum absolute atomic E-state index is 11.6. The van der Waals surface area contributed by atoms with Crippen LogP contribution in [0.2, 0.25) is 5.02 Å². The number of nitrogens with zero attached hydrogens (tertiary/aromatic N) is 1. The SMILES string of the molecule is CNC(=O)c1cc(N2CCNCC2)ccc1Cl. The molecule has 1 aliphatic rings. The standard InChI is InChI=1S/C12H16ClN3O/c1-14-12(17)10-8-9(2-3-11(10)13)16-6-4-15-5-7-16/h2-3,8,15H,4-7H2,1H3,(H,14,17). The fourth-order valence-corrected chi connectivity index (χ4v) is 2.15. The van der Waals surface area contributed by atoms with Crippen LogP contribution in [-0.4, -0.2) is 39.1 Å². The molecule has 0 unspecified atom stereocenters. The normalized spacial score (nSPS) is 15.8. The highest BCUT2D eigenvalue weighted by Crippen LogP contribution is 2.23. The molecular formula is C12H16ClN3O. The molecule has 0 aromatic heterocycles. The van der Waals surface area contributed by atoms with Crippen LogP contribution in [0.5, 0.6) is 0 Å². The Kier molecular flexibility index (Phi) is 3.86. The molecule has 1 aromatic carbocycles. The van der Waals surface area contributed by atoms with Gasteiger partial charge in [-0.3, -0.25) is 4.79 Å². The van der Waals surface area contributed by atoms with Crippen molar-refractivity contribution in [3.05, 3.63) is 28.8 Å². The van der Waals surface area contributed by atoms with E-state index in [1.165, 1.54) is 0 Å². The zero-order chi connectivity index (χ0) is 12.3. The molecule has 2 N–H and O–H groups in total.